The fraction of sp³-hybridized carbons (Fsp3) is 0.273. The van der Waals surface area contributed by atoms with Crippen LogP contribution in [0, 0.1) is 12.7 Å². The van der Waals surface area contributed by atoms with Gasteiger partial charge in [-0.2, -0.15) is 5.10 Å². The lowest BCUT2D eigenvalue weighted by Crippen LogP contribution is -2.36. The van der Waals surface area contributed by atoms with E-state index in [0.717, 1.165) is 24.6 Å². The van der Waals surface area contributed by atoms with Crippen molar-refractivity contribution in [3.05, 3.63) is 65.5 Å². The van der Waals surface area contributed by atoms with Crippen LogP contribution in [0.25, 0.3) is 22.3 Å². The first kappa shape index (κ1) is 21.1. The van der Waals surface area contributed by atoms with Crippen molar-refractivity contribution >= 4 is 28.5 Å². The zero-order chi connectivity index (χ0) is 21.8. The number of halogens is 2. The van der Waals surface area contributed by atoms with Gasteiger partial charge in [0, 0.05) is 55.4 Å². The number of anilines is 1. The quantitative estimate of drug-likeness (QED) is 0.468. The van der Waals surface area contributed by atoms with Gasteiger partial charge in [-0.25, -0.2) is 14.4 Å². The molecule has 0 spiro atoms. The molecule has 0 bridgehead atoms. The molecule has 1 aliphatic heterocycles. The highest BCUT2D eigenvalue weighted by Crippen LogP contribution is 2.31. The number of aromatic nitrogens is 5. The predicted molar refractivity (Wildman–Crippen MR) is 119 cm³/mol. The summed E-state index contributed by atoms with van der Waals surface area (Å²) in [5.74, 6) is 0.321. The molecule has 0 amide bonds. The molecule has 0 unspecified atom stereocenters. The summed E-state index contributed by atoms with van der Waals surface area (Å²) in [7, 11) is 1.89. The van der Waals surface area contributed by atoms with Crippen molar-refractivity contribution in [1.29, 1.82) is 0 Å². The minimum atomic E-state index is -0.427. The molecule has 4 heterocycles. The van der Waals surface area contributed by atoms with Crippen LogP contribution in [0.4, 0.5) is 10.2 Å². The molecule has 0 atom stereocenters. The number of ether oxygens (including phenoxy) is 1. The zero-order valence-electron chi connectivity index (χ0n) is 17.3. The smallest absolute Gasteiger partial charge is 0.134 e. The molecule has 1 saturated heterocycles. The summed E-state index contributed by atoms with van der Waals surface area (Å²) >= 11 is 5.89. The van der Waals surface area contributed by atoms with Gasteiger partial charge in [0.1, 0.15) is 22.8 Å². The molecule has 3 aromatic heterocycles. The van der Waals surface area contributed by atoms with Gasteiger partial charge in [0.05, 0.1) is 24.4 Å². The van der Waals surface area contributed by atoms with E-state index in [0.29, 0.717) is 40.5 Å². The number of aryl methyl sites for hydroxylation is 2. The lowest BCUT2D eigenvalue weighted by molar-refractivity contribution is 0.122. The molecule has 0 aliphatic carbocycles. The van der Waals surface area contributed by atoms with Gasteiger partial charge in [-0.15, -0.1) is 0 Å². The Hall–Kier alpha value is -3.10. The number of hydrogen-bond acceptors (Lipinski definition) is 6. The Morgan fingerprint density at radius 2 is 1.94 bits per heavy atom. The van der Waals surface area contributed by atoms with Crippen LogP contribution in [0.1, 0.15) is 5.69 Å². The van der Waals surface area contributed by atoms with Crippen molar-refractivity contribution in [2.24, 2.45) is 7.05 Å². The highest BCUT2D eigenvalue weighted by Gasteiger charge is 2.19. The molecule has 5 rings (SSSR count). The molecule has 1 aromatic carbocycles. The first-order chi connectivity index (χ1) is 15.0. The standard InChI is InChI=1S/C18H16ClFN4O.C4H6N2/c1-11-10-21-15-9-16(24-4-6-25-7-5-24)23-17(18(15)22-11)13-3-2-12(19)8-14(13)20;1-6-4-2-3-5-6/h2-3,8-10H,4-7H2,1H3;2-4H,1H3. The molecule has 7 nitrogen and oxygen atoms in total. The van der Waals surface area contributed by atoms with Crippen LogP contribution in [-0.4, -0.2) is 51.0 Å². The van der Waals surface area contributed by atoms with Crippen molar-refractivity contribution in [3.63, 3.8) is 0 Å². The maximum atomic E-state index is 14.5. The van der Waals surface area contributed by atoms with Gasteiger partial charge in [0.25, 0.3) is 0 Å². The number of morpholine rings is 1. The highest BCUT2D eigenvalue weighted by atomic mass is 35.5. The highest BCUT2D eigenvalue weighted by molar-refractivity contribution is 6.30. The number of nitrogens with zero attached hydrogens (tertiary/aromatic N) is 6. The Morgan fingerprint density at radius 3 is 2.58 bits per heavy atom. The maximum absolute atomic E-state index is 14.5. The molecular formula is C22H22ClFN6O. The first-order valence-electron chi connectivity index (χ1n) is 9.87. The zero-order valence-corrected chi connectivity index (χ0v) is 18.1. The van der Waals surface area contributed by atoms with Crippen molar-refractivity contribution in [3.8, 4) is 11.3 Å². The summed E-state index contributed by atoms with van der Waals surface area (Å²) in [4.78, 5) is 15.8. The van der Waals surface area contributed by atoms with Crippen molar-refractivity contribution in [2.75, 3.05) is 31.2 Å². The van der Waals surface area contributed by atoms with Crippen LogP contribution in [-0.2, 0) is 11.8 Å². The lowest BCUT2D eigenvalue weighted by atomic mass is 10.1. The second kappa shape index (κ2) is 9.36. The van der Waals surface area contributed by atoms with E-state index in [-0.39, 0.29) is 0 Å². The summed E-state index contributed by atoms with van der Waals surface area (Å²) < 4.78 is 21.7. The summed E-state index contributed by atoms with van der Waals surface area (Å²) in [6.07, 6.45) is 5.34. The molecule has 1 fully saturated rings. The van der Waals surface area contributed by atoms with Crippen LogP contribution >= 0.6 is 11.6 Å². The third kappa shape index (κ3) is 4.98. The van der Waals surface area contributed by atoms with E-state index in [9.17, 15) is 4.39 Å². The maximum Gasteiger partial charge on any atom is 0.134 e. The van der Waals surface area contributed by atoms with Gasteiger partial charge >= 0.3 is 0 Å². The molecular weight excluding hydrogens is 419 g/mol. The Balaban J connectivity index is 0.000000334. The van der Waals surface area contributed by atoms with E-state index >= 15 is 0 Å². The molecule has 0 radical (unpaired) electrons. The van der Waals surface area contributed by atoms with Gasteiger partial charge in [-0.05, 0) is 31.2 Å². The van der Waals surface area contributed by atoms with Gasteiger partial charge in [0.2, 0.25) is 0 Å². The minimum Gasteiger partial charge on any atom is -0.378 e. The topological polar surface area (TPSA) is 69.0 Å². The number of fused-ring (bicyclic) bond motifs is 1. The lowest BCUT2D eigenvalue weighted by Gasteiger charge is -2.28. The monoisotopic (exact) mass is 440 g/mol. The largest absolute Gasteiger partial charge is 0.378 e. The van der Waals surface area contributed by atoms with Gasteiger partial charge < -0.3 is 9.64 Å². The molecule has 9 heteroatoms. The van der Waals surface area contributed by atoms with Gasteiger partial charge in [-0.1, -0.05) is 11.6 Å². The number of benzene rings is 1. The number of hydrogen-bond donors (Lipinski definition) is 0. The Morgan fingerprint density at radius 1 is 1.13 bits per heavy atom. The first-order valence-corrected chi connectivity index (χ1v) is 10.2. The van der Waals surface area contributed by atoms with E-state index in [2.05, 4.69) is 20.0 Å². The van der Waals surface area contributed by atoms with Crippen LogP contribution in [0.5, 0.6) is 0 Å². The van der Waals surface area contributed by atoms with Gasteiger partial charge in [-0.3, -0.25) is 9.67 Å². The molecule has 4 aromatic rings. The third-order valence-electron chi connectivity index (χ3n) is 4.80. The van der Waals surface area contributed by atoms with Crippen LogP contribution in [0.2, 0.25) is 5.02 Å². The molecule has 1 aliphatic rings. The van der Waals surface area contributed by atoms with E-state index in [1.165, 1.54) is 6.07 Å². The molecule has 160 valence electrons. The van der Waals surface area contributed by atoms with Crippen molar-refractivity contribution in [2.45, 2.75) is 6.92 Å². The summed E-state index contributed by atoms with van der Waals surface area (Å²) in [6.45, 7) is 4.61. The normalized spacial score (nSPS) is 13.7. The Bertz CT molecular complexity index is 1180. The summed E-state index contributed by atoms with van der Waals surface area (Å²) in [5.41, 5.74) is 2.86. The van der Waals surface area contributed by atoms with Crippen LogP contribution < -0.4 is 4.90 Å². The van der Waals surface area contributed by atoms with E-state index < -0.39 is 5.82 Å². The average Bonchev–Trinajstić information content (AvgIpc) is 3.25. The van der Waals surface area contributed by atoms with Crippen LogP contribution in [0.3, 0.4) is 0 Å². The number of pyridine rings is 1. The van der Waals surface area contributed by atoms with E-state index in [4.69, 9.17) is 21.3 Å². The Kier molecular flexibility index (Phi) is 6.39. The molecule has 0 N–H and O–H groups in total. The SMILES string of the molecule is Cc1cnc2cc(N3CCOCC3)nc(-c3ccc(Cl)cc3F)c2n1.Cn1cccn1. The third-order valence-corrected chi connectivity index (χ3v) is 5.03. The number of rotatable bonds is 2. The second-order valence-corrected chi connectivity index (χ2v) is 7.55. The van der Waals surface area contributed by atoms with E-state index in [1.807, 2.05) is 32.3 Å². The molecule has 0 saturated carbocycles. The van der Waals surface area contributed by atoms with Crippen LogP contribution in [0.15, 0.2) is 48.9 Å². The summed E-state index contributed by atoms with van der Waals surface area (Å²) in [5, 5.41) is 4.18. The summed E-state index contributed by atoms with van der Waals surface area (Å²) in [6, 6.07) is 8.35. The minimum absolute atomic E-state index is 0.345. The Labute approximate surface area is 184 Å². The average molecular weight is 441 g/mol. The predicted octanol–water partition coefficient (Wildman–Crippen LogP) is 4.05. The fourth-order valence-electron chi connectivity index (χ4n) is 3.26. The van der Waals surface area contributed by atoms with Gasteiger partial charge in [0.15, 0.2) is 0 Å². The molecule has 31 heavy (non-hydrogen) atoms. The fourth-order valence-corrected chi connectivity index (χ4v) is 3.42. The second-order valence-electron chi connectivity index (χ2n) is 7.11. The van der Waals surface area contributed by atoms with E-state index in [1.54, 1.807) is 29.2 Å². The van der Waals surface area contributed by atoms with Crippen molar-refractivity contribution < 1.29 is 9.13 Å². The van der Waals surface area contributed by atoms with Crippen molar-refractivity contribution in [1.82, 2.24) is 24.7 Å².